The van der Waals surface area contributed by atoms with Crippen LogP contribution in [-0.4, -0.2) is 22.7 Å². The van der Waals surface area contributed by atoms with Crippen molar-refractivity contribution in [1.29, 1.82) is 0 Å². The lowest BCUT2D eigenvalue weighted by atomic mass is 10.1. The smallest absolute Gasteiger partial charge is 0.219 e. The van der Waals surface area contributed by atoms with E-state index in [1.807, 2.05) is 11.5 Å². The van der Waals surface area contributed by atoms with Crippen molar-refractivity contribution in [3.05, 3.63) is 12.7 Å². The molecule has 0 aromatic rings. The van der Waals surface area contributed by atoms with Crippen molar-refractivity contribution >= 4 is 11.6 Å². The fourth-order valence-electron chi connectivity index (χ4n) is 1.82. The van der Waals surface area contributed by atoms with Crippen LogP contribution in [0.3, 0.4) is 0 Å². The summed E-state index contributed by atoms with van der Waals surface area (Å²) in [5, 5.41) is 0. The Hall–Kier alpha value is -0.920. The molecule has 2 nitrogen and oxygen atoms in total. The fourth-order valence-corrected chi connectivity index (χ4v) is 1.82. The van der Waals surface area contributed by atoms with Gasteiger partial charge in [0, 0.05) is 12.8 Å². The van der Waals surface area contributed by atoms with E-state index in [2.05, 4.69) is 6.58 Å². The molecule has 12 heavy (non-hydrogen) atoms. The Morgan fingerprint density at radius 3 is 3.00 bits per heavy atom. The summed E-state index contributed by atoms with van der Waals surface area (Å²) >= 11 is 0. The third kappa shape index (κ3) is 1.02. The first kappa shape index (κ1) is 7.71. The molecule has 1 saturated carbocycles. The van der Waals surface area contributed by atoms with Gasteiger partial charge in [0.2, 0.25) is 0 Å². The van der Waals surface area contributed by atoms with Crippen molar-refractivity contribution < 1.29 is 9.37 Å². The van der Waals surface area contributed by atoms with Crippen molar-refractivity contribution in [3.8, 4) is 0 Å². The third-order valence-electron chi connectivity index (χ3n) is 2.82. The number of carbonyl (C=O) groups excluding carboxylic acids is 1. The molecule has 0 spiro atoms. The normalized spacial score (nSPS) is 28.2. The number of fused-ring (bicyclic) bond motifs is 1. The Morgan fingerprint density at radius 1 is 1.83 bits per heavy atom. The predicted octanol–water partition coefficient (Wildman–Crippen LogP) is 1.21. The Labute approximate surface area is 72.6 Å². The van der Waals surface area contributed by atoms with Crippen LogP contribution in [0.1, 0.15) is 19.8 Å². The first-order chi connectivity index (χ1) is 5.74. The van der Waals surface area contributed by atoms with E-state index in [4.69, 9.17) is 0 Å². The Bertz CT molecular complexity index is 278. The Balaban J connectivity index is 2.15. The van der Waals surface area contributed by atoms with Gasteiger partial charge in [0.15, 0.2) is 12.3 Å². The van der Waals surface area contributed by atoms with Gasteiger partial charge in [0.25, 0.3) is 0 Å². The van der Waals surface area contributed by atoms with Crippen LogP contribution in [-0.2, 0) is 4.79 Å². The molecule has 0 radical (unpaired) electrons. The standard InChI is InChI=1S/C10H14NO/c1-3-7(2)10(12)11-5-4-8-6-9(8)11/h3,7-8H,1,4-6H2,2H3/q+1. The fraction of sp³-hybridized carbons (Fsp3) is 0.600. The molecule has 0 aromatic heterocycles. The zero-order valence-corrected chi connectivity index (χ0v) is 7.42. The van der Waals surface area contributed by atoms with Crippen LogP contribution >= 0.6 is 0 Å². The SMILES string of the molecule is C=CC(C)C(=O)[N+]1=C2CC2CC1. The van der Waals surface area contributed by atoms with Crippen molar-refractivity contribution in [3.63, 3.8) is 0 Å². The maximum absolute atomic E-state index is 11.6. The molecule has 1 heterocycles. The van der Waals surface area contributed by atoms with Crippen molar-refractivity contribution in [2.45, 2.75) is 19.8 Å². The van der Waals surface area contributed by atoms with Gasteiger partial charge in [-0.3, -0.25) is 0 Å². The van der Waals surface area contributed by atoms with E-state index in [0.717, 1.165) is 18.9 Å². The van der Waals surface area contributed by atoms with E-state index in [9.17, 15) is 4.79 Å². The summed E-state index contributed by atoms with van der Waals surface area (Å²) in [4.78, 5) is 11.6. The molecule has 0 bridgehead atoms. The van der Waals surface area contributed by atoms with Crippen LogP contribution in [0.2, 0.25) is 0 Å². The van der Waals surface area contributed by atoms with Gasteiger partial charge in [-0.25, -0.2) is 4.79 Å². The van der Waals surface area contributed by atoms with Crippen molar-refractivity contribution in [2.75, 3.05) is 6.54 Å². The second-order valence-corrected chi connectivity index (χ2v) is 3.70. The summed E-state index contributed by atoms with van der Waals surface area (Å²) in [6.07, 6.45) is 4.07. The summed E-state index contributed by atoms with van der Waals surface area (Å²) in [5.41, 5.74) is 1.37. The van der Waals surface area contributed by atoms with Gasteiger partial charge in [0.05, 0.1) is 5.92 Å². The molecule has 1 aliphatic heterocycles. The van der Waals surface area contributed by atoms with Crippen LogP contribution in [0.25, 0.3) is 0 Å². The molecule has 2 rings (SSSR count). The van der Waals surface area contributed by atoms with Crippen LogP contribution in [0, 0.1) is 11.8 Å². The molecule has 1 fully saturated rings. The van der Waals surface area contributed by atoms with Crippen molar-refractivity contribution in [2.24, 2.45) is 11.8 Å². The number of rotatable bonds is 2. The second-order valence-electron chi connectivity index (χ2n) is 3.70. The van der Waals surface area contributed by atoms with Gasteiger partial charge in [-0.15, -0.1) is 6.58 Å². The zero-order chi connectivity index (χ0) is 8.72. The minimum atomic E-state index is -0.0168. The highest BCUT2D eigenvalue weighted by molar-refractivity contribution is 6.01. The third-order valence-corrected chi connectivity index (χ3v) is 2.82. The lowest BCUT2D eigenvalue weighted by Gasteiger charge is -2.00. The van der Waals surface area contributed by atoms with Gasteiger partial charge in [-0.05, 0) is 6.92 Å². The van der Waals surface area contributed by atoms with Gasteiger partial charge < -0.3 is 0 Å². The van der Waals surface area contributed by atoms with E-state index < -0.39 is 0 Å². The molecular formula is C10H14NO+. The van der Waals surface area contributed by atoms with Crippen LogP contribution in [0.15, 0.2) is 12.7 Å². The Morgan fingerprint density at radius 2 is 2.58 bits per heavy atom. The Kier molecular flexibility index (Phi) is 1.63. The maximum atomic E-state index is 11.6. The quantitative estimate of drug-likeness (QED) is 0.443. The zero-order valence-electron chi connectivity index (χ0n) is 7.42. The molecule has 2 heteroatoms. The van der Waals surface area contributed by atoms with E-state index in [-0.39, 0.29) is 11.8 Å². The number of hydrogen-bond donors (Lipinski definition) is 0. The topological polar surface area (TPSA) is 20.1 Å². The molecular weight excluding hydrogens is 150 g/mol. The van der Waals surface area contributed by atoms with Crippen LogP contribution in [0.5, 0.6) is 0 Å². The second kappa shape index (κ2) is 2.54. The minimum Gasteiger partial charge on any atom is -0.219 e. The highest BCUT2D eigenvalue weighted by Crippen LogP contribution is 2.34. The largest absolute Gasteiger partial charge is 0.393 e. The molecule has 2 aliphatic rings. The van der Waals surface area contributed by atoms with Gasteiger partial charge in [-0.1, -0.05) is 6.08 Å². The van der Waals surface area contributed by atoms with E-state index in [1.54, 1.807) is 6.08 Å². The highest BCUT2D eigenvalue weighted by atomic mass is 16.2. The van der Waals surface area contributed by atoms with E-state index in [1.165, 1.54) is 12.1 Å². The highest BCUT2D eigenvalue weighted by Gasteiger charge is 2.49. The average molecular weight is 164 g/mol. The molecule has 2 atom stereocenters. The number of carbonyl (C=O) groups is 1. The summed E-state index contributed by atoms with van der Waals surface area (Å²) in [5.74, 6) is 0.975. The van der Waals surface area contributed by atoms with Gasteiger partial charge in [-0.2, -0.15) is 4.58 Å². The summed E-state index contributed by atoms with van der Waals surface area (Å²) in [6.45, 7) is 6.48. The van der Waals surface area contributed by atoms with Crippen LogP contribution in [0.4, 0.5) is 0 Å². The molecule has 0 aromatic carbocycles. The summed E-state index contributed by atoms with van der Waals surface area (Å²) in [7, 11) is 0. The molecule has 2 unspecified atom stereocenters. The number of nitrogens with zero attached hydrogens (tertiary/aromatic N) is 1. The molecule has 0 N–H and O–H groups in total. The minimum absolute atomic E-state index is 0.0168. The average Bonchev–Trinajstić information content (AvgIpc) is 2.76. The monoisotopic (exact) mass is 164 g/mol. The number of hydrogen-bond acceptors (Lipinski definition) is 1. The molecule has 1 amide bonds. The van der Waals surface area contributed by atoms with Crippen LogP contribution < -0.4 is 0 Å². The lowest BCUT2D eigenvalue weighted by molar-refractivity contribution is -0.444. The maximum Gasteiger partial charge on any atom is 0.393 e. The summed E-state index contributed by atoms with van der Waals surface area (Å²) in [6, 6.07) is 0. The molecule has 0 saturated heterocycles. The molecule has 64 valence electrons. The van der Waals surface area contributed by atoms with E-state index in [0.29, 0.717) is 0 Å². The summed E-state index contributed by atoms with van der Waals surface area (Å²) < 4.78 is 1.96. The van der Waals surface area contributed by atoms with Gasteiger partial charge in [0.1, 0.15) is 5.92 Å². The first-order valence-corrected chi connectivity index (χ1v) is 4.53. The lowest BCUT2D eigenvalue weighted by Crippen LogP contribution is -2.25. The predicted molar refractivity (Wildman–Crippen MR) is 47.2 cm³/mol. The molecule has 1 aliphatic carbocycles. The first-order valence-electron chi connectivity index (χ1n) is 4.53. The van der Waals surface area contributed by atoms with Gasteiger partial charge >= 0.3 is 5.91 Å². The van der Waals surface area contributed by atoms with E-state index >= 15 is 0 Å². The number of amides is 1. The van der Waals surface area contributed by atoms with Crippen molar-refractivity contribution in [1.82, 2.24) is 0 Å².